The van der Waals surface area contributed by atoms with Gasteiger partial charge in [-0.2, -0.15) is 0 Å². The second-order valence-corrected chi connectivity index (χ2v) is 8.13. The van der Waals surface area contributed by atoms with E-state index in [4.69, 9.17) is 26.4 Å². The summed E-state index contributed by atoms with van der Waals surface area (Å²) in [6.45, 7) is 2.99. The van der Waals surface area contributed by atoms with Crippen molar-refractivity contribution in [2.24, 2.45) is 22.2 Å². The molecule has 0 aliphatic heterocycles. The van der Waals surface area contributed by atoms with Gasteiger partial charge in [-0.25, -0.2) is 4.99 Å². The smallest absolute Gasteiger partial charge is 0.186 e. The minimum absolute atomic E-state index is 0.0926. The second kappa shape index (κ2) is 11.4. The zero-order valence-corrected chi connectivity index (χ0v) is 19.2. The van der Waals surface area contributed by atoms with E-state index in [1.54, 1.807) is 0 Å². The summed E-state index contributed by atoms with van der Waals surface area (Å²) in [4.78, 5) is 4.08. The number of para-hydroxylation sites is 1. The lowest BCUT2D eigenvalue weighted by atomic mass is 10.1. The summed E-state index contributed by atoms with van der Waals surface area (Å²) >= 11 is 0. The van der Waals surface area contributed by atoms with Crippen LogP contribution in [0.15, 0.2) is 82.2 Å². The highest BCUT2D eigenvalue weighted by Crippen LogP contribution is 2.31. The average molecular weight is 458 g/mol. The van der Waals surface area contributed by atoms with Crippen LogP contribution in [0.5, 0.6) is 5.75 Å². The summed E-state index contributed by atoms with van der Waals surface area (Å²) in [7, 11) is 0. The van der Waals surface area contributed by atoms with E-state index >= 15 is 0 Å². The fraction of sp³-hybridized carbons (Fsp3) is 0.222. The third kappa shape index (κ3) is 6.15. The monoisotopic (exact) mass is 457 g/mol. The first kappa shape index (κ1) is 23.4. The Hall–Kier alpha value is -3.81. The highest BCUT2D eigenvalue weighted by molar-refractivity contribution is 5.83. The Bertz CT molecular complexity index is 1230. The van der Waals surface area contributed by atoms with E-state index in [9.17, 15) is 0 Å². The van der Waals surface area contributed by atoms with E-state index in [1.165, 1.54) is 0 Å². The van der Waals surface area contributed by atoms with Gasteiger partial charge in [-0.05, 0) is 54.4 Å². The Morgan fingerprint density at radius 2 is 1.76 bits per heavy atom. The summed E-state index contributed by atoms with van der Waals surface area (Å²) < 4.78 is 12.1. The molecule has 0 aliphatic carbocycles. The van der Waals surface area contributed by atoms with Crippen LogP contribution in [0.4, 0.5) is 0 Å². The van der Waals surface area contributed by atoms with Crippen molar-refractivity contribution in [2.75, 3.05) is 13.2 Å². The number of guanidine groups is 1. The number of nitrogens with zero attached hydrogens (tertiary/aromatic N) is 1. The van der Waals surface area contributed by atoms with Crippen LogP contribution in [0, 0.1) is 0 Å². The predicted octanol–water partition coefficient (Wildman–Crippen LogP) is 3.89. The van der Waals surface area contributed by atoms with Gasteiger partial charge in [0.05, 0.1) is 13.2 Å². The molecule has 0 atom stereocenters. The van der Waals surface area contributed by atoms with Crippen molar-refractivity contribution < 1.29 is 9.15 Å². The summed E-state index contributed by atoms with van der Waals surface area (Å²) in [6, 6.07) is 24.5. The topological polar surface area (TPSA) is 125 Å². The maximum atomic E-state index is 6.07. The normalized spacial score (nSPS) is 11.0. The number of benzene rings is 3. The maximum absolute atomic E-state index is 6.07. The number of aliphatic imine (C=N–C) groups is 1. The van der Waals surface area contributed by atoms with Gasteiger partial charge in [0.25, 0.3) is 0 Å². The third-order valence-electron chi connectivity index (χ3n) is 5.46. The predicted molar refractivity (Wildman–Crippen MR) is 137 cm³/mol. The van der Waals surface area contributed by atoms with Crippen LogP contribution >= 0.6 is 0 Å². The van der Waals surface area contributed by atoms with Gasteiger partial charge in [-0.15, -0.1) is 0 Å². The van der Waals surface area contributed by atoms with Crippen molar-refractivity contribution in [1.29, 1.82) is 0 Å². The molecule has 0 spiro atoms. The number of nitrogens with one attached hydrogen (secondary N) is 1. The number of hydrogen-bond acceptors (Lipinski definition) is 5. The molecule has 0 saturated carbocycles. The van der Waals surface area contributed by atoms with Gasteiger partial charge in [-0.1, -0.05) is 42.5 Å². The van der Waals surface area contributed by atoms with Gasteiger partial charge in [0.2, 0.25) is 0 Å². The lowest BCUT2D eigenvalue weighted by Gasteiger charge is -2.14. The number of furan rings is 1. The number of ether oxygens (including phenoxy) is 1. The SMILES string of the molecule is NCCCOc1ccc(-c2cc3ccccc3o2)cc1CNCc1cccc(CN=C(N)N)c1. The van der Waals surface area contributed by atoms with Crippen molar-refractivity contribution in [2.45, 2.75) is 26.1 Å². The molecule has 34 heavy (non-hydrogen) atoms. The molecule has 3 aromatic carbocycles. The number of hydrogen-bond donors (Lipinski definition) is 4. The first-order valence-electron chi connectivity index (χ1n) is 11.4. The van der Waals surface area contributed by atoms with Crippen LogP contribution in [-0.2, 0) is 19.6 Å². The first-order valence-corrected chi connectivity index (χ1v) is 11.4. The van der Waals surface area contributed by atoms with Gasteiger partial charge in [0, 0.05) is 29.6 Å². The largest absolute Gasteiger partial charge is 0.493 e. The molecule has 4 aromatic rings. The van der Waals surface area contributed by atoms with Gasteiger partial charge in [0.15, 0.2) is 5.96 Å². The zero-order chi connectivity index (χ0) is 23.8. The molecule has 176 valence electrons. The Labute approximate surface area is 199 Å². The van der Waals surface area contributed by atoms with E-state index in [2.05, 4.69) is 40.6 Å². The van der Waals surface area contributed by atoms with Crippen molar-refractivity contribution in [3.8, 4) is 17.1 Å². The first-order chi connectivity index (χ1) is 16.6. The summed E-state index contributed by atoms with van der Waals surface area (Å²) in [6.07, 6.45) is 0.806. The molecule has 0 radical (unpaired) electrons. The van der Waals surface area contributed by atoms with Crippen molar-refractivity contribution in [3.63, 3.8) is 0 Å². The minimum atomic E-state index is 0.0926. The maximum Gasteiger partial charge on any atom is 0.186 e. The van der Waals surface area contributed by atoms with Gasteiger partial charge in [-0.3, -0.25) is 0 Å². The quantitative estimate of drug-likeness (QED) is 0.154. The van der Waals surface area contributed by atoms with E-state index in [0.717, 1.165) is 51.2 Å². The highest BCUT2D eigenvalue weighted by Gasteiger charge is 2.11. The molecule has 0 unspecified atom stereocenters. The molecule has 0 amide bonds. The number of nitrogens with two attached hydrogens (primary N) is 3. The Morgan fingerprint density at radius 1 is 0.912 bits per heavy atom. The lowest BCUT2D eigenvalue weighted by Crippen LogP contribution is -2.22. The van der Waals surface area contributed by atoms with Gasteiger partial charge in [0.1, 0.15) is 17.1 Å². The molecule has 0 saturated heterocycles. The highest BCUT2D eigenvalue weighted by atomic mass is 16.5. The molecule has 1 heterocycles. The van der Waals surface area contributed by atoms with Crippen LogP contribution in [-0.4, -0.2) is 19.1 Å². The fourth-order valence-electron chi connectivity index (χ4n) is 3.76. The third-order valence-corrected chi connectivity index (χ3v) is 5.46. The van der Waals surface area contributed by atoms with Gasteiger partial charge >= 0.3 is 0 Å². The lowest BCUT2D eigenvalue weighted by molar-refractivity contribution is 0.309. The molecule has 4 rings (SSSR count). The summed E-state index contributed by atoms with van der Waals surface area (Å²) in [5, 5.41) is 4.61. The molecule has 0 aliphatic rings. The van der Waals surface area contributed by atoms with E-state index < -0.39 is 0 Å². The van der Waals surface area contributed by atoms with Crippen molar-refractivity contribution in [3.05, 3.63) is 89.5 Å². The fourth-order valence-corrected chi connectivity index (χ4v) is 3.76. The standard InChI is InChI=1S/C27H31N5O2/c28-11-4-12-33-24-10-9-22(26-15-21-7-1-2-8-25(21)34-26)14-23(24)18-31-16-19-5-3-6-20(13-19)17-32-27(29)30/h1-3,5-10,13-15,31H,4,11-12,16-18,28H2,(H4,29,30,32). The van der Waals surface area contributed by atoms with Gasteiger partial charge < -0.3 is 31.7 Å². The Kier molecular flexibility index (Phi) is 7.80. The second-order valence-electron chi connectivity index (χ2n) is 8.13. The molecule has 1 aromatic heterocycles. The molecule has 7 N–H and O–H groups in total. The average Bonchev–Trinajstić information content (AvgIpc) is 3.28. The summed E-state index contributed by atoms with van der Waals surface area (Å²) in [5.74, 6) is 1.78. The van der Waals surface area contributed by atoms with Crippen LogP contribution in [0.25, 0.3) is 22.3 Å². The van der Waals surface area contributed by atoms with Crippen LogP contribution in [0.1, 0.15) is 23.1 Å². The van der Waals surface area contributed by atoms with Crippen LogP contribution < -0.4 is 27.3 Å². The molecule has 0 fully saturated rings. The van der Waals surface area contributed by atoms with E-state index in [1.807, 2.05) is 42.5 Å². The zero-order valence-electron chi connectivity index (χ0n) is 19.2. The molecular formula is C27H31N5O2. The number of rotatable bonds is 11. The van der Waals surface area contributed by atoms with Crippen LogP contribution in [0.3, 0.4) is 0 Å². The Balaban J connectivity index is 1.50. The minimum Gasteiger partial charge on any atom is -0.493 e. The Morgan fingerprint density at radius 3 is 2.59 bits per heavy atom. The van der Waals surface area contributed by atoms with Crippen molar-refractivity contribution in [1.82, 2.24) is 5.32 Å². The molecule has 0 bridgehead atoms. The molecule has 7 heteroatoms. The van der Waals surface area contributed by atoms with E-state index in [0.29, 0.717) is 32.8 Å². The van der Waals surface area contributed by atoms with Crippen molar-refractivity contribution >= 4 is 16.9 Å². The van der Waals surface area contributed by atoms with E-state index in [-0.39, 0.29) is 5.96 Å². The van der Waals surface area contributed by atoms with Crippen LogP contribution in [0.2, 0.25) is 0 Å². The molecular weight excluding hydrogens is 426 g/mol. The number of fused-ring (bicyclic) bond motifs is 1. The molecule has 7 nitrogen and oxygen atoms in total. The summed E-state index contributed by atoms with van der Waals surface area (Å²) in [5.41, 5.74) is 21.7.